The largest absolute Gasteiger partial charge is 0.465 e. The fourth-order valence-corrected chi connectivity index (χ4v) is 1.14. The van der Waals surface area contributed by atoms with Crippen LogP contribution in [0.3, 0.4) is 0 Å². The van der Waals surface area contributed by atoms with Crippen LogP contribution >= 0.6 is 0 Å². The number of benzene rings is 1. The minimum Gasteiger partial charge on any atom is -0.465 e. The van der Waals surface area contributed by atoms with Gasteiger partial charge in [-0.05, 0) is 5.56 Å². The van der Waals surface area contributed by atoms with E-state index in [-0.39, 0.29) is 6.42 Å². The van der Waals surface area contributed by atoms with Gasteiger partial charge in [-0.1, -0.05) is 30.3 Å². The van der Waals surface area contributed by atoms with Crippen LogP contribution in [0, 0.1) is 6.04 Å². The number of hydrogen-bond acceptors (Lipinski definition) is 3. The van der Waals surface area contributed by atoms with Gasteiger partial charge in [-0.2, -0.15) is 0 Å². The Kier molecular flexibility index (Phi) is 4.15. The Hall–Kier alpha value is -2.04. The molecular weight excluding hydrogens is 196 g/mol. The van der Waals surface area contributed by atoms with E-state index < -0.39 is 6.09 Å². The lowest BCUT2D eigenvalue weighted by atomic mass is 10.0. The van der Waals surface area contributed by atoms with Crippen LogP contribution in [0.15, 0.2) is 35.5 Å². The Morgan fingerprint density at radius 2 is 2.07 bits per heavy atom. The smallest absolute Gasteiger partial charge is 0.405 e. The first-order chi connectivity index (χ1) is 7.24. The lowest BCUT2D eigenvalue weighted by molar-refractivity contribution is 0.195. The molecule has 79 valence electrons. The van der Waals surface area contributed by atoms with Gasteiger partial charge in [0.05, 0.1) is 0 Å². The summed E-state index contributed by atoms with van der Waals surface area (Å²) in [6.45, 7) is 0. The third kappa shape index (κ3) is 3.68. The van der Waals surface area contributed by atoms with E-state index in [2.05, 4.69) is 10.5 Å². The topological polar surface area (TPSA) is 81.9 Å². The summed E-state index contributed by atoms with van der Waals surface area (Å²) in [4.78, 5) is 10.5. The van der Waals surface area contributed by atoms with Gasteiger partial charge >= 0.3 is 6.09 Å². The third-order valence-electron chi connectivity index (χ3n) is 1.76. The fraction of sp³-hybridized carbons (Fsp3) is 0.100. The highest BCUT2D eigenvalue weighted by atomic mass is 16.4. The maximum atomic E-state index is 10.5. The first kappa shape index (κ1) is 11.0. The van der Waals surface area contributed by atoms with E-state index in [0.29, 0.717) is 6.04 Å². The number of carboxylic acid groups (broad SMARTS) is 1. The second-order valence-electron chi connectivity index (χ2n) is 2.78. The molecule has 5 nitrogen and oxygen atoms in total. The molecule has 0 heterocycles. The molecule has 0 saturated carbocycles. The predicted octanol–water partition coefficient (Wildman–Crippen LogP) is 1.68. The Bertz CT molecular complexity index is 338. The molecule has 15 heavy (non-hydrogen) atoms. The van der Waals surface area contributed by atoms with Gasteiger partial charge in [-0.25, -0.2) is 4.79 Å². The van der Waals surface area contributed by atoms with Crippen molar-refractivity contribution in [1.29, 1.82) is 0 Å². The number of carbonyl (C=O) groups is 1. The number of rotatable bonds is 4. The van der Waals surface area contributed by atoms with Crippen LogP contribution in [0.2, 0.25) is 0 Å². The molecule has 0 aliphatic heterocycles. The summed E-state index contributed by atoms with van der Waals surface area (Å²) in [7, 11) is 0. The summed E-state index contributed by atoms with van der Waals surface area (Å²) in [5.41, 5.74) is 0.750. The number of amides is 1. The molecule has 1 aromatic rings. The third-order valence-corrected chi connectivity index (χ3v) is 1.76. The van der Waals surface area contributed by atoms with Crippen molar-refractivity contribution in [3.63, 3.8) is 0 Å². The van der Waals surface area contributed by atoms with E-state index in [1.807, 2.05) is 6.07 Å². The van der Waals surface area contributed by atoms with Crippen molar-refractivity contribution in [3.8, 4) is 0 Å². The van der Waals surface area contributed by atoms with Crippen molar-refractivity contribution in [2.75, 3.05) is 0 Å². The van der Waals surface area contributed by atoms with E-state index >= 15 is 0 Å². The van der Waals surface area contributed by atoms with Crippen molar-refractivity contribution >= 4 is 12.3 Å². The highest BCUT2D eigenvalue weighted by Crippen LogP contribution is 2.13. The minimum atomic E-state index is -1.14. The molecule has 0 atom stereocenters. The molecule has 1 radical (unpaired) electrons. The van der Waals surface area contributed by atoms with Gasteiger partial charge in [0.25, 0.3) is 0 Å². The summed E-state index contributed by atoms with van der Waals surface area (Å²) in [6, 6.07) is 9.46. The Labute approximate surface area is 87.0 Å². The summed E-state index contributed by atoms with van der Waals surface area (Å²) < 4.78 is 0. The predicted molar refractivity (Wildman–Crippen MR) is 54.8 cm³/mol. The fourth-order valence-electron chi connectivity index (χ4n) is 1.14. The summed E-state index contributed by atoms with van der Waals surface area (Å²) in [5, 5.41) is 22.0. The van der Waals surface area contributed by atoms with Crippen molar-refractivity contribution in [2.24, 2.45) is 5.16 Å². The Morgan fingerprint density at radius 1 is 1.40 bits per heavy atom. The Morgan fingerprint density at radius 3 is 2.60 bits per heavy atom. The summed E-state index contributed by atoms with van der Waals surface area (Å²) in [5.74, 6) is 0. The zero-order valence-electron chi connectivity index (χ0n) is 7.92. The molecule has 1 aromatic carbocycles. The van der Waals surface area contributed by atoms with Crippen molar-refractivity contribution in [1.82, 2.24) is 5.32 Å². The molecule has 1 amide bonds. The molecule has 0 unspecified atom stereocenters. The standard InChI is InChI=1S/C10H11N2O3/c13-10(14)12-9(6-7-11-15)8-4-2-1-3-5-8/h1-5,7,12,15H,6H2,(H,13,14). The van der Waals surface area contributed by atoms with Crippen LogP contribution in [0.5, 0.6) is 0 Å². The molecule has 1 rings (SSSR count). The number of oxime groups is 1. The van der Waals surface area contributed by atoms with E-state index in [0.717, 1.165) is 5.56 Å². The summed E-state index contributed by atoms with van der Waals surface area (Å²) >= 11 is 0. The second kappa shape index (κ2) is 5.64. The van der Waals surface area contributed by atoms with E-state index in [4.69, 9.17) is 10.3 Å². The van der Waals surface area contributed by atoms with Crippen LogP contribution in [0.1, 0.15) is 12.0 Å². The highest BCUT2D eigenvalue weighted by molar-refractivity contribution is 5.70. The SMILES string of the molecule is O=C(O)N[C](CC=NO)c1ccccc1. The molecule has 0 saturated heterocycles. The monoisotopic (exact) mass is 207 g/mol. The highest BCUT2D eigenvalue weighted by Gasteiger charge is 2.13. The van der Waals surface area contributed by atoms with Gasteiger partial charge < -0.3 is 15.6 Å². The Balaban J connectivity index is 2.76. The zero-order valence-corrected chi connectivity index (χ0v) is 7.92. The van der Waals surface area contributed by atoms with Gasteiger partial charge in [0, 0.05) is 12.6 Å². The van der Waals surface area contributed by atoms with E-state index in [9.17, 15) is 4.79 Å². The van der Waals surface area contributed by atoms with Gasteiger partial charge in [-0.3, -0.25) is 0 Å². The van der Waals surface area contributed by atoms with Gasteiger partial charge in [0.1, 0.15) is 6.04 Å². The lowest BCUT2D eigenvalue weighted by Crippen LogP contribution is -2.27. The lowest BCUT2D eigenvalue weighted by Gasteiger charge is -2.13. The first-order valence-electron chi connectivity index (χ1n) is 4.31. The number of nitrogens with zero attached hydrogens (tertiary/aromatic N) is 1. The average molecular weight is 207 g/mol. The molecule has 0 fully saturated rings. The summed E-state index contributed by atoms with van der Waals surface area (Å²) in [6.07, 6.45) is 0.311. The number of hydrogen-bond donors (Lipinski definition) is 3. The zero-order chi connectivity index (χ0) is 11.1. The average Bonchev–Trinajstić information content (AvgIpc) is 2.25. The molecule has 3 N–H and O–H groups in total. The maximum Gasteiger partial charge on any atom is 0.405 e. The van der Waals surface area contributed by atoms with E-state index in [1.165, 1.54) is 6.21 Å². The molecule has 0 spiro atoms. The minimum absolute atomic E-state index is 0.229. The van der Waals surface area contributed by atoms with Gasteiger partial charge in [0.2, 0.25) is 0 Å². The van der Waals surface area contributed by atoms with Crippen LogP contribution in [0.25, 0.3) is 0 Å². The molecule has 0 aliphatic rings. The first-order valence-corrected chi connectivity index (χ1v) is 4.31. The molecule has 0 bridgehead atoms. The van der Waals surface area contributed by atoms with Crippen molar-refractivity contribution in [2.45, 2.75) is 6.42 Å². The van der Waals surface area contributed by atoms with Crippen molar-refractivity contribution < 1.29 is 15.1 Å². The molecule has 0 aliphatic carbocycles. The second-order valence-corrected chi connectivity index (χ2v) is 2.78. The maximum absolute atomic E-state index is 10.5. The quantitative estimate of drug-likeness (QED) is 0.399. The van der Waals surface area contributed by atoms with Gasteiger partial charge in [-0.15, -0.1) is 5.16 Å². The van der Waals surface area contributed by atoms with Crippen LogP contribution in [0.4, 0.5) is 4.79 Å². The molecule has 5 heteroatoms. The normalized spacial score (nSPS) is 10.7. The molecular formula is C10H11N2O3. The van der Waals surface area contributed by atoms with E-state index in [1.54, 1.807) is 24.3 Å². The van der Waals surface area contributed by atoms with Crippen LogP contribution in [-0.4, -0.2) is 22.6 Å². The van der Waals surface area contributed by atoms with Gasteiger partial charge in [0.15, 0.2) is 0 Å². The molecule has 0 aromatic heterocycles. The van der Waals surface area contributed by atoms with Crippen molar-refractivity contribution in [3.05, 3.63) is 41.9 Å². The number of nitrogens with one attached hydrogen (secondary N) is 1. The van der Waals surface area contributed by atoms with Crippen LogP contribution in [-0.2, 0) is 0 Å². The van der Waals surface area contributed by atoms with Crippen LogP contribution < -0.4 is 5.32 Å².